The fourth-order valence-electron chi connectivity index (χ4n) is 2.93. The zero-order valence-electron chi connectivity index (χ0n) is 12.2. The largest absolute Gasteiger partial charge is 0.395 e. The van der Waals surface area contributed by atoms with Crippen LogP contribution in [0.2, 0.25) is 0 Å². The third-order valence-electron chi connectivity index (χ3n) is 4.04. The molecule has 0 aliphatic heterocycles. The summed E-state index contributed by atoms with van der Waals surface area (Å²) in [5.41, 5.74) is 6.39. The maximum atomic E-state index is 12.9. The number of nitrogens with zero attached hydrogens (tertiary/aromatic N) is 1. The summed E-state index contributed by atoms with van der Waals surface area (Å²) in [5, 5.41) is 9.25. The van der Waals surface area contributed by atoms with E-state index in [1.165, 1.54) is 4.31 Å². The van der Waals surface area contributed by atoms with Crippen LogP contribution in [0.5, 0.6) is 0 Å². The molecule has 0 heterocycles. The molecule has 0 unspecified atom stereocenters. The molecule has 5 nitrogen and oxygen atoms in total. The molecule has 2 rings (SSSR count). The average molecular weight is 312 g/mol. The Morgan fingerprint density at radius 2 is 1.95 bits per heavy atom. The van der Waals surface area contributed by atoms with Crippen LogP contribution in [0.25, 0.3) is 0 Å². The molecule has 1 aromatic rings. The van der Waals surface area contributed by atoms with Gasteiger partial charge in [-0.05, 0) is 30.5 Å². The lowest BCUT2D eigenvalue weighted by Gasteiger charge is -2.33. The van der Waals surface area contributed by atoms with E-state index >= 15 is 0 Å². The third-order valence-corrected chi connectivity index (χ3v) is 5.99. The van der Waals surface area contributed by atoms with Gasteiger partial charge in [0.05, 0.1) is 11.5 Å². The SMILES string of the molecule is NCc1cccc(S(=O)(=O)N(CCO)C2CCCCC2)c1. The summed E-state index contributed by atoms with van der Waals surface area (Å²) < 4.78 is 27.2. The number of nitrogens with two attached hydrogens (primary N) is 1. The third kappa shape index (κ3) is 3.83. The molecule has 1 fully saturated rings. The number of hydrogen-bond acceptors (Lipinski definition) is 4. The molecule has 6 heteroatoms. The Morgan fingerprint density at radius 1 is 1.24 bits per heavy atom. The molecular formula is C15H24N2O3S. The maximum absolute atomic E-state index is 12.9. The number of aliphatic hydroxyl groups is 1. The van der Waals surface area contributed by atoms with Crippen molar-refractivity contribution in [3.05, 3.63) is 29.8 Å². The molecule has 0 bridgehead atoms. The summed E-state index contributed by atoms with van der Waals surface area (Å²) in [7, 11) is -3.58. The van der Waals surface area contributed by atoms with Gasteiger partial charge in [-0.2, -0.15) is 4.31 Å². The second kappa shape index (κ2) is 7.35. The van der Waals surface area contributed by atoms with Gasteiger partial charge in [-0.1, -0.05) is 31.4 Å². The van der Waals surface area contributed by atoms with Crippen LogP contribution < -0.4 is 5.73 Å². The normalized spacial score (nSPS) is 17.3. The van der Waals surface area contributed by atoms with E-state index in [0.717, 1.165) is 37.7 Å². The fraction of sp³-hybridized carbons (Fsp3) is 0.600. The minimum Gasteiger partial charge on any atom is -0.395 e. The van der Waals surface area contributed by atoms with Gasteiger partial charge in [0.2, 0.25) is 10.0 Å². The van der Waals surface area contributed by atoms with Gasteiger partial charge in [0.25, 0.3) is 0 Å². The molecule has 0 aromatic heterocycles. The Balaban J connectivity index is 2.31. The first-order valence-corrected chi connectivity index (χ1v) is 8.95. The van der Waals surface area contributed by atoms with Crippen LogP contribution >= 0.6 is 0 Å². The van der Waals surface area contributed by atoms with Crippen LogP contribution in [-0.4, -0.2) is 37.0 Å². The van der Waals surface area contributed by atoms with E-state index in [2.05, 4.69) is 0 Å². The standard InChI is InChI=1S/C15H24N2O3S/c16-12-13-5-4-8-15(11-13)21(19,20)17(9-10-18)14-6-2-1-3-7-14/h4-5,8,11,14,18H,1-3,6-7,9-10,12,16H2. The zero-order chi connectivity index (χ0) is 15.3. The molecule has 3 N–H and O–H groups in total. The zero-order valence-corrected chi connectivity index (χ0v) is 13.1. The highest BCUT2D eigenvalue weighted by atomic mass is 32.2. The van der Waals surface area contributed by atoms with Crippen LogP contribution in [0.15, 0.2) is 29.2 Å². The van der Waals surface area contributed by atoms with Gasteiger partial charge in [-0.25, -0.2) is 8.42 Å². The first-order chi connectivity index (χ1) is 10.1. The van der Waals surface area contributed by atoms with Gasteiger partial charge >= 0.3 is 0 Å². The van der Waals surface area contributed by atoms with Crippen molar-refractivity contribution in [2.24, 2.45) is 5.73 Å². The molecule has 0 radical (unpaired) electrons. The highest BCUT2D eigenvalue weighted by Crippen LogP contribution is 2.27. The van der Waals surface area contributed by atoms with Gasteiger partial charge in [-0.15, -0.1) is 0 Å². The molecule has 0 saturated heterocycles. The van der Waals surface area contributed by atoms with E-state index in [4.69, 9.17) is 5.73 Å². The molecular weight excluding hydrogens is 288 g/mol. The predicted octanol–water partition coefficient (Wildman–Crippen LogP) is 1.46. The number of rotatable bonds is 6. The highest BCUT2D eigenvalue weighted by molar-refractivity contribution is 7.89. The minimum atomic E-state index is -3.58. The summed E-state index contributed by atoms with van der Waals surface area (Å²) in [6, 6.07) is 6.75. The first kappa shape index (κ1) is 16.4. The lowest BCUT2D eigenvalue weighted by molar-refractivity contribution is 0.199. The van der Waals surface area contributed by atoms with Crippen molar-refractivity contribution in [2.75, 3.05) is 13.2 Å². The molecule has 118 valence electrons. The summed E-state index contributed by atoms with van der Waals surface area (Å²) in [6.45, 7) is 0.305. The molecule has 1 aliphatic rings. The van der Waals surface area contributed by atoms with Crippen molar-refractivity contribution in [2.45, 2.75) is 49.6 Å². The van der Waals surface area contributed by atoms with Crippen molar-refractivity contribution in [3.63, 3.8) is 0 Å². The molecule has 0 atom stereocenters. The van der Waals surface area contributed by atoms with Crippen LogP contribution in [0, 0.1) is 0 Å². The second-order valence-corrected chi connectivity index (χ2v) is 7.37. The molecule has 21 heavy (non-hydrogen) atoms. The topological polar surface area (TPSA) is 83.6 Å². The summed E-state index contributed by atoms with van der Waals surface area (Å²) in [4.78, 5) is 0.268. The lowest BCUT2D eigenvalue weighted by atomic mass is 9.95. The Morgan fingerprint density at radius 3 is 2.57 bits per heavy atom. The Labute approximate surface area is 126 Å². The van der Waals surface area contributed by atoms with Gasteiger partial charge < -0.3 is 10.8 Å². The minimum absolute atomic E-state index is 0.00238. The van der Waals surface area contributed by atoms with Gasteiger partial charge in [0.15, 0.2) is 0 Å². The van der Waals surface area contributed by atoms with E-state index in [-0.39, 0.29) is 24.1 Å². The monoisotopic (exact) mass is 312 g/mol. The van der Waals surface area contributed by atoms with E-state index in [0.29, 0.717) is 6.54 Å². The maximum Gasteiger partial charge on any atom is 0.243 e. The van der Waals surface area contributed by atoms with Crippen molar-refractivity contribution in [1.29, 1.82) is 0 Å². The van der Waals surface area contributed by atoms with Gasteiger partial charge in [-0.3, -0.25) is 0 Å². The fourth-order valence-corrected chi connectivity index (χ4v) is 4.68. The second-order valence-electron chi connectivity index (χ2n) is 5.48. The highest BCUT2D eigenvalue weighted by Gasteiger charge is 2.31. The molecule has 1 saturated carbocycles. The van der Waals surface area contributed by atoms with Crippen LogP contribution in [0.3, 0.4) is 0 Å². The van der Waals surface area contributed by atoms with E-state index in [9.17, 15) is 13.5 Å². The van der Waals surface area contributed by atoms with Crippen molar-refractivity contribution >= 4 is 10.0 Å². The lowest BCUT2D eigenvalue weighted by Crippen LogP contribution is -2.43. The smallest absolute Gasteiger partial charge is 0.243 e. The average Bonchev–Trinajstić information content (AvgIpc) is 2.53. The number of hydrogen-bond donors (Lipinski definition) is 2. The quantitative estimate of drug-likeness (QED) is 0.833. The van der Waals surface area contributed by atoms with Crippen LogP contribution in [0.4, 0.5) is 0 Å². The van der Waals surface area contributed by atoms with Crippen LogP contribution in [-0.2, 0) is 16.6 Å². The molecule has 1 aromatic carbocycles. The summed E-state index contributed by atoms with van der Waals surface area (Å²) >= 11 is 0. The Kier molecular flexibility index (Phi) is 5.75. The summed E-state index contributed by atoms with van der Waals surface area (Å²) in [5.74, 6) is 0. The van der Waals surface area contributed by atoms with E-state index < -0.39 is 10.0 Å². The van der Waals surface area contributed by atoms with Crippen LogP contribution in [0.1, 0.15) is 37.7 Å². The Hall–Kier alpha value is -0.950. The number of benzene rings is 1. The van der Waals surface area contributed by atoms with Gasteiger partial charge in [0, 0.05) is 19.1 Å². The van der Waals surface area contributed by atoms with Crippen molar-refractivity contribution in [3.8, 4) is 0 Å². The summed E-state index contributed by atoms with van der Waals surface area (Å²) in [6.07, 6.45) is 4.99. The number of aliphatic hydroxyl groups excluding tert-OH is 1. The molecule has 0 spiro atoms. The number of sulfonamides is 1. The molecule has 1 aliphatic carbocycles. The van der Waals surface area contributed by atoms with E-state index in [1.54, 1.807) is 18.2 Å². The van der Waals surface area contributed by atoms with Gasteiger partial charge in [0.1, 0.15) is 0 Å². The van der Waals surface area contributed by atoms with E-state index in [1.807, 2.05) is 6.07 Å². The first-order valence-electron chi connectivity index (χ1n) is 7.51. The van der Waals surface area contributed by atoms with Crippen molar-refractivity contribution in [1.82, 2.24) is 4.31 Å². The van der Waals surface area contributed by atoms with Crippen molar-refractivity contribution < 1.29 is 13.5 Å². The predicted molar refractivity (Wildman–Crippen MR) is 82.2 cm³/mol. The Bertz CT molecular complexity index is 554. The molecule has 0 amide bonds.